The van der Waals surface area contributed by atoms with Crippen LogP contribution in [0, 0.1) is 0 Å². The van der Waals surface area contributed by atoms with Gasteiger partial charge in [0.05, 0.1) is 5.69 Å². The molecule has 5 rings (SSSR count). The van der Waals surface area contributed by atoms with Crippen LogP contribution in [-0.2, 0) is 0 Å². The molecule has 3 heterocycles. The number of rotatable bonds is 4. The highest BCUT2D eigenvalue weighted by Gasteiger charge is 2.31. The molecule has 5 nitrogen and oxygen atoms in total. The first-order valence-electron chi connectivity index (χ1n) is 12.1. The average Bonchev–Trinajstić information content (AvgIpc) is 3.32. The number of benzene rings is 1. The molecule has 2 aromatic heterocycles. The highest BCUT2D eigenvalue weighted by atomic mass is 35.5. The molecule has 0 spiro atoms. The number of hydrogen-bond donors (Lipinski definition) is 1. The summed E-state index contributed by atoms with van der Waals surface area (Å²) in [5.41, 5.74) is 5.25. The van der Waals surface area contributed by atoms with Gasteiger partial charge in [-0.3, -0.25) is 5.10 Å². The molecule has 3 aromatic rings. The fourth-order valence-electron chi connectivity index (χ4n) is 5.18. The van der Waals surface area contributed by atoms with Crippen LogP contribution >= 0.6 is 11.6 Å². The Kier molecular flexibility index (Phi) is 7.93. The first-order chi connectivity index (χ1) is 15.8. The number of H-pyrrole nitrogens is 1. The monoisotopic (exact) mass is 451 g/mol. The maximum atomic E-state index is 6.11. The molecule has 0 bridgehead atoms. The number of hydrogen-bond acceptors (Lipinski definition) is 4. The Morgan fingerprint density at radius 2 is 1.66 bits per heavy atom. The van der Waals surface area contributed by atoms with Crippen molar-refractivity contribution in [1.82, 2.24) is 25.1 Å². The van der Waals surface area contributed by atoms with Gasteiger partial charge in [0, 0.05) is 40.0 Å². The Hall–Kier alpha value is -2.24. The zero-order valence-corrected chi connectivity index (χ0v) is 20.0. The van der Waals surface area contributed by atoms with E-state index in [4.69, 9.17) is 16.7 Å². The van der Waals surface area contributed by atoms with Crippen molar-refractivity contribution in [2.45, 2.75) is 70.8 Å². The van der Waals surface area contributed by atoms with Gasteiger partial charge < -0.3 is 4.90 Å². The number of aromatic nitrogens is 4. The van der Waals surface area contributed by atoms with Crippen LogP contribution in [0.2, 0.25) is 5.02 Å². The van der Waals surface area contributed by atoms with E-state index in [0.717, 1.165) is 33.6 Å². The van der Waals surface area contributed by atoms with Crippen molar-refractivity contribution >= 4 is 11.6 Å². The van der Waals surface area contributed by atoms with Crippen molar-refractivity contribution in [1.29, 1.82) is 0 Å². The van der Waals surface area contributed by atoms with E-state index in [2.05, 4.69) is 20.0 Å². The normalized spacial score (nSPS) is 21.6. The molecule has 170 valence electrons. The molecule has 0 amide bonds. The zero-order valence-electron chi connectivity index (χ0n) is 19.2. The summed E-state index contributed by atoms with van der Waals surface area (Å²) in [4.78, 5) is 11.4. The van der Waals surface area contributed by atoms with Gasteiger partial charge in [0.25, 0.3) is 0 Å². The van der Waals surface area contributed by atoms with Crippen molar-refractivity contribution < 1.29 is 0 Å². The predicted octanol–water partition coefficient (Wildman–Crippen LogP) is 6.73. The third-order valence-corrected chi connectivity index (χ3v) is 7.01. The second-order valence-corrected chi connectivity index (χ2v) is 9.00. The van der Waals surface area contributed by atoms with Gasteiger partial charge in [0.15, 0.2) is 0 Å². The van der Waals surface area contributed by atoms with E-state index < -0.39 is 0 Å². The van der Waals surface area contributed by atoms with Gasteiger partial charge in [-0.05, 0) is 69.8 Å². The Balaban J connectivity index is 0.00000119. The largest absolute Gasteiger partial charge is 0.300 e. The quantitative estimate of drug-likeness (QED) is 0.478. The standard InChI is InChI=1S/C24H28ClN5.C2H6/c25-19-8-4-17(5-9-19)23-22(21-12-13-26-16-27-21)24(29-28-23)18-6-10-20(11-7-18)30-14-2-1-3-15-30;1-2/h4-5,8-9,12-13,16,18,20H,1-3,6-7,10-11,14-15H2,(H,28,29);1-2H3. The first kappa shape index (κ1) is 22.9. The number of aromatic amines is 1. The fraction of sp³-hybridized carbons (Fsp3) is 0.500. The SMILES string of the molecule is CC.Clc1ccc(-c2n[nH]c(C3CCC(N4CCCCC4)CC3)c2-c2ccncn2)cc1. The van der Waals surface area contributed by atoms with Gasteiger partial charge in [-0.15, -0.1) is 0 Å². The molecule has 1 saturated heterocycles. The zero-order chi connectivity index (χ0) is 22.3. The molecular formula is C26H34ClN5. The molecule has 6 heteroatoms. The van der Waals surface area contributed by atoms with Crippen LogP contribution < -0.4 is 0 Å². The van der Waals surface area contributed by atoms with E-state index in [-0.39, 0.29) is 0 Å². The number of piperidine rings is 1. The Labute approximate surface area is 196 Å². The van der Waals surface area contributed by atoms with Gasteiger partial charge in [-0.2, -0.15) is 5.10 Å². The molecule has 0 unspecified atom stereocenters. The third-order valence-electron chi connectivity index (χ3n) is 6.76. The van der Waals surface area contributed by atoms with Crippen LogP contribution in [0.15, 0.2) is 42.9 Å². The van der Waals surface area contributed by atoms with E-state index in [1.165, 1.54) is 63.7 Å². The summed E-state index contributed by atoms with van der Waals surface area (Å²) in [6.45, 7) is 6.57. The van der Waals surface area contributed by atoms with Crippen molar-refractivity contribution in [3.8, 4) is 22.5 Å². The molecule has 1 aliphatic heterocycles. The molecule has 32 heavy (non-hydrogen) atoms. The van der Waals surface area contributed by atoms with E-state index in [1.54, 1.807) is 12.5 Å². The molecule has 2 aliphatic rings. The van der Waals surface area contributed by atoms with E-state index in [9.17, 15) is 0 Å². The fourth-order valence-corrected chi connectivity index (χ4v) is 5.30. The molecule has 1 saturated carbocycles. The minimum atomic E-state index is 0.490. The maximum absolute atomic E-state index is 6.11. The van der Waals surface area contributed by atoms with Gasteiger partial charge in [0.2, 0.25) is 0 Å². The van der Waals surface area contributed by atoms with Crippen LogP contribution in [0.25, 0.3) is 22.5 Å². The van der Waals surface area contributed by atoms with Crippen LogP contribution in [0.4, 0.5) is 0 Å². The van der Waals surface area contributed by atoms with Crippen LogP contribution in [0.5, 0.6) is 0 Å². The van der Waals surface area contributed by atoms with Crippen molar-refractivity contribution in [3.05, 3.63) is 53.6 Å². The predicted molar refractivity (Wildman–Crippen MR) is 132 cm³/mol. The highest BCUT2D eigenvalue weighted by molar-refractivity contribution is 6.30. The number of nitrogens with zero attached hydrogens (tertiary/aromatic N) is 4. The Morgan fingerprint density at radius 1 is 0.938 bits per heavy atom. The number of halogens is 1. The second kappa shape index (κ2) is 11.1. The molecule has 1 N–H and O–H groups in total. The summed E-state index contributed by atoms with van der Waals surface area (Å²) in [7, 11) is 0. The minimum absolute atomic E-state index is 0.490. The molecule has 2 fully saturated rings. The van der Waals surface area contributed by atoms with Gasteiger partial charge in [-0.25, -0.2) is 9.97 Å². The van der Waals surface area contributed by atoms with E-state index >= 15 is 0 Å². The van der Waals surface area contributed by atoms with Gasteiger partial charge >= 0.3 is 0 Å². The second-order valence-electron chi connectivity index (χ2n) is 8.56. The maximum Gasteiger partial charge on any atom is 0.116 e. The summed E-state index contributed by atoms with van der Waals surface area (Å²) in [6.07, 6.45) is 12.5. The number of likely N-dealkylation sites (tertiary alicyclic amines) is 1. The van der Waals surface area contributed by atoms with Crippen LogP contribution in [0.1, 0.15) is 70.4 Å². The Bertz CT molecular complexity index is 956. The highest BCUT2D eigenvalue weighted by Crippen LogP contribution is 2.42. The minimum Gasteiger partial charge on any atom is -0.300 e. The van der Waals surface area contributed by atoms with Crippen LogP contribution in [0.3, 0.4) is 0 Å². The Morgan fingerprint density at radius 3 is 2.31 bits per heavy atom. The molecule has 1 aromatic carbocycles. The first-order valence-corrected chi connectivity index (χ1v) is 12.5. The van der Waals surface area contributed by atoms with Crippen molar-refractivity contribution in [3.63, 3.8) is 0 Å². The smallest absolute Gasteiger partial charge is 0.116 e. The summed E-state index contributed by atoms with van der Waals surface area (Å²) in [5, 5.41) is 8.86. The topological polar surface area (TPSA) is 57.7 Å². The van der Waals surface area contributed by atoms with Crippen LogP contribution in [-0.4, -0.2) is 44.2 Å². The lowest BCUT2D eigenvalue weighted by atomic mass is 9.81. The summed E-state index contributed by atoms with van der Waals surface area (Å²) >= 11 is 6.11. The third kappa shape index (κ3) is 5.05. The summed E-state index contributed by atoms with van der Waals surface area (Å²) < 4.78 is 0. The molecule has 0 radical (unpaired) electrons. The molecule has 0 atom stereocenters. The average molecular weight is 452 g/mol. The molecular weight excluding hydrogens is 418 g/mol. The lowest BCUT2D eigenvalue weighted by Crippen LogP contribution is -2.41. The summed E-state index contributed by atoms with van der Waals surface area (Å²) in [6, 6.07) is 10.6. The van der Waals surface area contributed by atoms with E-state index in [1.807, 2.05) is 44.2 Å². The summed E-state index contributed by atoms with van der Waals surface area (Å²) in [5.74, 6) is 0.490. The van der Waals surface area contributed by atoms with Gasteiger partial charge in [-0.1, -0.05) is 44.0 Å². The lowest BCUT2D eigenvalue weighted by Gasteiger charge is -2.38. The molecule has 1 aliphatic carbocycles. The van der Waals surface area contributed by atoms with Crippen molar-refractivity contribution in [2.75, 3.05) is 13.1 Å². The van der Waals surface area contributed by atoms with Crippen molar-refractivity contribution in [2.24, 2.45) is 0 Å². The lowest BCUT2D eigenvalue weighted by molar-refractivity contribution is 0.125. The van der Waals surface area contributed by atoms with E-state index in [0.29, 0.717) is 5.92 Å². The van der Waals surface area contributed by atoms with Gasteiger partial charge in [0.1, 0.15) is 12.0 Å². The number of nitrogens with one attached hydrogen (secondary N) is 1.